The molecule has 2 N–H and O–H groups in total. The first kappa shape index (κ1) is 14.9. The van der Waals surface area contributed by atoms with Gasteiger partial charge in [0.1, 0.15) is 11.4 Å². The second-order valence-corrected chi connectivity index (χ2v) is 8.38. The Morgan fingerprint density at radius 2 is 1.95 bits per heavy atom. The van der Waals surface area contributed by atoms with Gasteiger partial charge in [0.25, 0.3) is 0 Å². The van der Waals surface area contributed by atoms with Crippen LogP contribution >= 0.6 is 11.8 Å². The summed E-state index contributed by atoms with van der Waals surface area (Å²) in [6, 6.07) is 8.71. The zero-order valence-electron chi connectivity index (χ0n) is 13.0. The third kappa shape index (κ3) is 2.77. The molecule has 0 radical (unpaired) electrons. The van der Waals surface area contributed by atoms with Crippen molar-refractivity contribution in [2.75, 3.05) is 18.1 Å². The largest absolute Gasteiger partial charge is 0.487 e. The molecule has 2 fully saturated rings. The Hall–Kier alpha value is -0.710. The molecule has 0 amide bonds. The second kappa shape index (κ2) is 5.73. The quantitative estimate of drug-likeness (QED) is 0.897. The summed E-state index contributed by atoms with van der Waals surface area (Å²) in [7, 11) is 0. The number of ether oxygens (including phenoxy) is 1. The number of hydrogen-bond acceptors (Lipinski definition) is 4. The van der Waals surface area contributed by atoms with Crippen LogP contribution in [0.15, 0.2) is 24.3 Å². The highest BCUT2D eigenvalue weighted by molar-refractivity contribution is 7.99. The third-order valence-corrected chi connectivity index (χ3v) is 6.55. The topological polar surface area (TPSA) is 41.5 Å². The van der Waals surface area contributed by atoms with Crippen LogP contribution in [0, 0.1) is 0 Å². The molecule has 3 nitrogen and oxygen atoms in total. The average Bonchev–Trinajstić information content (AvgIpc) is 2.51. The lowest BCUT2D eigenvalue weighted by atomic mass is 9.73. The van der Waals surface area contributed by atoms with Gasteiger partial charge in [-0.3, -0.25) is 0 Å². The molecule has 1 aromatic rings. The molecular formula is C18H25NO2S. The van der Waals surface area contributed by atoms with E-state index >= 15 is 0 Å². The lowest BCUT2D eigenvalue weighted by Gasteiger charge is -2.48. The van der Waals surface area contributed by atoms with Gasteiger partial charge in [-0.1, -0.05) is 18.2 Å². The van der Waals surface area contributed by atoms with E-state index < -0.39 is 5.60 Å². The summed E-state index contributed by atoms with van der Waals surface area (Å²) < 4.78 is 6.30. The van der Waals surface area contributed by atoms with E-state index in [0.29, 0.717) is 12.6 Å². The summed E-state index contributed by atoms with van der Waals surface area (Å²) >= 11 is 1.95. The smallest absolute Gasteiger partial charge is 0.124 e. The molecule has 0 aromatic heterocycles. The Kier molecular flexibility index (Phi) is 3.87. The number of hydrogen-bond donors (Lipinski definition) is 2. The van der Waals surface area contributed by atoms with E-state index in [4.69, 9.17) is 4.74 Å². The minimum Gasteiger partial charge on any atom is -0.487 e. The van der Waals surface area contributed by atoms with Crippen molar-refractivity contribution in [2.45, 2.75) is 55.8 Å². The fourth-order valence-corrected chi connectivity index (χ4v) is 5.17. The predicted molar refractivity (Wildman–Crippen MR) is 90.5 cm³/mol. The van der Waals surface area contributed by atoms with Crippen molar-refractivity contribution >= 4 is 11.8 Å². The fraction of sp³-hybridized carbons (Fsp3) is 0.667. The number of nitrogens with one attached hydrogen (secondary N) is 1. The Morgan fingerprint density at radius 3 is 2.68 bits per heavy atom. The number of thioether (sulfide) groups is 1. The van der Waals surface area contributed by atoms with E-state index in [1.165, 1.54) is 24.8 Å². The van der Waals surface area contributed by atoms with E-state index in [9.17, 15) is 5.11 Å². The molecule has 1 atom stereocenters. The number of fused-ring (bicyclic) bond motifs is 1. The Morgan fingerprint density at radius 1 is 1.18 bits per heavy atom. The van der Waals surface area contributed by atoms with Crippen LogP contribution in [0.25, 0.3) is 0 Å². The summed E-state index contributed by atoms with van der Waals surface area (Å²) in [4.78, 5) is 0. The monoisotopic (exact) mass is 319 g/mol. The summed E-state index contributed by atoms with van der Waals surface area (Å²) in [5, 5.41) is 14.4. The molecule has 1 saturated heterocycles. The summed E-state index contributed by atoms with van der Waals surface area (Å²) in [6.45, 7) is 0.697. The van der Waals surface area contributed by atoms with Crippen molar-refractivity contribution < 1.29 is 9.84 Å². The fourth-order valence-electron chi connectivity index (χ4n) is 3.92. The van der Waals surface area contributed by atoms with Crippen LogP contribution < -0.4 is 10.1 Å². The molecule has 120 valence electrons. The lowest BCUT2D eigenvalue weighted by molar-refractivity contribution is -0.0413. The zero-order valence-corrected chi connectivity index (χ0v) is 13.8. The molecule has 1 spiro atoms. The highest BCUT2D eigenvalue weighted by Gasteiger charge is 2.45. The van der Waals surface area contributed by atoms with Gasteiger partial charge in [-0.25, -0.2) is 0 Å². The maximum absolute atomic E-state index is 10.7. The number of aliphatic hydroxyl groups is 1. The van der Waals surface area contributed by atoms with Crippen LogP contribution in [0.1, 0.15) is 50.1 Å². The van der Waals surface area contributed by atoms with Crippen LogP contribution in [-0.4, -0.2) is 34.4 Å². The van der Waals surface area contributed by atoms with Gasteiger partial charge in [-0.05, 0) is 49.7 Å². The van der Waals surface area contributed by atoms with Crippen molar-refractivity contribution in [3.8, 4) is 5.75 Å². The standard InChI is InChI=1S/C18H25NO2S/c20-17(8-10-22-11-9-17)13-19-15-12-18(6-3-7-18)21-16-5-2-1-4-14(15)16/h1-2,4-5,15,19-20H,3,6-13H2. The molecular weight excluding hydrogens is 294 g/mol. The normalized spacial score (nSPS) is 28.5. The first-order chi connectivity index (χ1) is 10.7. The lowest BCUT2D eigenvalue weighted by Crippen LogP contribution is -2.51. The van der Waals surface area contributed by atoms with Gasteiger partial charge in [0.15, 0.2) is 0 Å². The van der Waals surface area contributed by atoms with Gasteiger partial charge >= 0.3 is 0 Å². The van der Waals surface area contributed by atoms with Gasteiger partial charge < -0.3 is 15.2 Å². The second-order valence-electron chi connectivity index (χ2n) is 7.15. The van der Waals surface area contributed by atoms with Crippen molar-refractivity contribution in [1.29, 1.82) is 0 Å². The van der Waals surface area contributed by atoms with E-state index in [-0.39, 0.29) is 5.60 Å². The molecule has 2 heterocycles. The van der Waals surface area contributed by atoms with E-state index in [1.807, 2.05) is 11.8 Å². The number of para-hydroxylation sites is 1. The van der Waals surface area contributed by atoms with Gasteiger partial charge in [-0.2, -0.15) is 11.8 Å². The Balaban J connectivity index is 1.50. The maximum atomic E-state index is 10.7. The molecule has 22 heavy (non-hydrogen) atoms. The van der Waals surface area contributed by atoms with E-state index in [2.05, 4.69) is 29.6 Å². The van der Waals surface area contributed by atoms with Crippen molar-refractivity contribution in [1.82, 2.24) is 5.32 Å². The highest BCUT2D eigenvalue weighted by atomic mass is 32.2. The van der Waals surface area contributed by atoms with Gasteiger partial charge in [-0.15, -0.1) is 0 Å². The van der Waals surface area contributed by atoms with Gasteiger partial charge in [0.2, 0.25) is 0 Å². The van der Waals surface area contributed by atoms with Crippen molar-refractivity contribution in [3.63, 3.8) is 0 Å². The molecule has 1 aliphatic carbocycles. The van der Waals surface area contributed by atoms with Crippen LogP contribution in [-0.2, 0) is 0 Å². The SMILES string of the molecule is OC1(CNC2CC3(CCC3)Oc3ccccc32)CCSCC1. The predicted octanol–water partition coefficient (Wildman–Crippen LogP) is 3.28. The molecule has 0 bridgehead atoms. The molecule has 1 saturated carbocycles. The van der Waals surface area contributed by atoms with Crippen LogP contribution in [0.3, 0.4) is 0 Å². The first-order valence-corrected chi connectivity index (χ1v) is 9.65. The minimum absolute atomic E-state index is 0.0526. The summed E-state index contributed by atoms with van der Waals surface area (Å²) in [6.07, 6.45) is 6.45. The van der Waals surface area contributed by atoms with Crippen LogP contribution in [0.5, 0.6) is 5.75 Å². The zero-order chi connectivity index (χ0) is 15.0. The highest BCUT2D eigenvalue weighted by Crippen LogP contribution is 2.48. The molecule has 4 heteroatoms. The number of benzene rings is 1. The minimum atomic E-state index is -0.523. The Bertz CT molecular complexity index is 538. The van der Waals surface area contributed by atoms with Gasteiger partial charge in [0.05, 0.1) is 5.60 Å². The molecule has 4 rings (SSSR count). The van der Waals surface area contributed by atoms with E-state index in [1.54, 1.807) is 0 Å². The number of rotatable bonds is 3. The molecule has 1 aromatic carbocycles. The Labute approximate surface area is 136 Å². The van der Waals surface area contributed by atoms with E-state index in [0.717, 1.165) is 36.5 Å². The van der Waals surface area contributed by atoms with Crippen LogP contribution in [0.4, 0.5) is 0 Å². The van der Waals surface area contributed by atoms with Crippen molar-refractivity contribution in [3.05, 3.63) is 29.8 Å². The first-order valence-electron chi connectivity index (χ1n) is 8.50. The molecule has 3 aliphatic rings. The van der Waals surface area contributed by atoms with Gasteiger partial charge in [0, 0.05) is 24.6 Å². The average molecular weight is 319 g/mol. The molecule has 2 aliphatic heterocycles. The summed E-state index contributed by atoms with van der Waals surface area (Å²) in [5.74, 6) is 3.19. The van der Waals surface area contributed by atoms with Crippen LogP contribution in [0.2, 0.25) is 0 Å². The maximum Gasteiger partial charge on any atom is 0.124 e. The summed E-state index contributed by atoms with van der Waals surface area (Å²) in [5.41, 5.74) is 0.788. The van der Waals surface area contributed by atoms with Crippen molar-refractivity contribution in [2.24, 2.45) is 0 Å². The third-order valence-electron chi connectivity index (χ3n) is 5.56. The molecule has 1 unspecified atom stereocenters.